The molecule has 1 fully saturated rings. The number of fused-ring (bicyclic) bond motifs is 1. The first-order valence-electron chi connectivity index (χ1n) is 4.08. The topological polar surface area (TPSA) is 43.4 Å². The zero-order chi connectivity index (χ0) is 8.72. The van der Waals surface area contributed by atoms with E-state index < -0.39 is 6.10 Å². The fourth-order valence-electron chi connectivity index (χ4n) is 1.89. The largest absolute Gasteiger partial charge is 0.454 e. The van der Waals surface area contributed by atoms with Crippen LogP contribution in [0, 0.1) is 11.8 Å². The van der Waals surface area contributed by atoms with E-state index >= 15 is 0 Å². The minimum Gasteiger partial charge on any atom is -0.454 e. The Morgan fingerprint density at radius 2 is 2.42 bits per heavy atom. The van der Waals surface area contributed by atoms with Crippen molar-refractivity contribution in [2.24, 2.45) is 11.8 Å². The van der Waals surface area contributed by atoms with Crippen LogP contribution in [-0.2, 0) is 14.3 Å². The number of Topliss-reactive ketones (excluding diaryl/α,β-unsaturated/α-hetero) is 1. The summed E-state index contributed by atoms with van der Waals surface area (Å²) in [6, 6.07) is 0. The lowest BCUT2D eigenvalue weighted by Crippen LogP contribution is -2.51. The van der Waals surface area contributed by atoms with Crippen LogP contribution in [0.15, 0.2) is 12.2 Å². The minimum absolute atomic E-state index is 0.0835. The molecule has 2 aliphatic rings. The number of carbonyl (C=O) groups is 2. The summed E-state index contributed by atoms with van der Waals surface area (Å²) in [4.78, 5) is 21.8. The molecule has 0 aliphatic heterocycles. The van der Waals surface area contributed by atoms with Gasteiger partial charge in [-0.25, -0.2) is 0 Å². The molecule has 0 aromatic rings. The van der Waals surface area contributed by atoms with Gasteiger partial charge >= 0.3 is 5.97 Å². The van der Waals surface area contributed by atoms with E-state index in [0.29, 0.717) is 0 Å². The molecule has 2 rings (SSSR count). The molecule has 64 valence electrons. The number of rotatable bonds is 1. The molecule has 0 heterocycles. The maximum Gasteiger partial charge on any atom is 0.303 e. The zero-order valence-corrected chi connectivity index (χ0v) is 6.82. The Bertz CT molecular complexity index is 267. The van der Waals surface area contributed by atoms with Crippen molar-refractivity contribution >= 4 is 11.8 Å². The molecule has 3 heteroatoms. The van der Waals surface area contributed by atoms with Gasteiger partial charge in [-0.1, -0.05) is 12.2 Å². The van der Waals surface area contributed by atoms with Gasteiger partial charge in [0.2, 0.25) is 0 Å². The molecule has 12 heavy (non-hydrogen) atoms. The van der Waals surface area contributed by atoms with Gasteiger partial charge in [0.25, 0.3) is 0 Å². The fourth-order valence-corrected chi connectivity index (χ4v) is 1.89. The summed E-state index contributed by atoms with van der Waals surface area (Å²) in [7, 11) is 0. The lowest BCUT2D eigenvalue weighted by Gasteiger charge is -2.36. The third-order valence-corrected chi connectivity index (χ3v) is 2.50. The zero-order valence-electron chi connectivity index (χ0n) is 6.82. The monoisotopic (exact) mass is 166 g/mol. The average molecular weight is 166 g/mol. The van der Waals surface area contributed by atoms with Crippen LogP contribution in [0.2, 0.25) is 0 Å². The first-order valence-corrected chi connectivity index (χ1v) is 4.08. The van der Waals surface area contributed by atoms with E-state index in [1.54, 1.807) is 0 Å². The van der Waals surface area contributed by atoms with Crippen molar-refractivity contribution in [2.45, 2.75) is 19.4 Å². The molecule has 0 N–H and O–H groups in total. The highest BCUT2D eigenvalue weighted by Gasteiger charge is 2.51. The van der Waals surface area contributed by atoms with E-state index in [-0.39, 0.29) is 23.6 Å². The highest BCUT2D eigenvalue weighted by Crippen LogP contribution is 2.41. The second-order valence-corrected chi connectivity index (χ2v) is 3.28. The average Bonchev–Trinajstić information content (AvgIpc) is 2.44. The van der Waals surface area contributed by atoms with Crippen LogP contribution < -0.4 is 0 Å². The smallest absolute Gasteiger partial charge is 0.303 e. The number of carbonyl (C=O) groups excluding carboxylic acids is 2. The SMILES string of the molecule is CC(=O)O[C@@H]1C(=O)[C@H]2CC=C[C@H]21. The Morgan fingerprint density at radius 1 is 1.67 bits per heavy atom. The third-order valence-electron chi connectivity index (χ3n) is 2.50. The van der Waals surface area contributed by atoms with Crippen molar-refractivity contribution in [3.8, 4) is 0 Å². The van der Waals surface area contributed by atoms with Crippen LogP contribution in [0.25, 0.3) is 0 Å². The predicted molar refractivity (Wildman–Crippen MR) is 41.3 cm³/mol. The van der Waals surface area contributed by atoms with Crippen LogP contribution in [0.1, 0.15) is 13.3 Å². The summed E-state index contributed by atoms with van der Waals surface area (Å²) in [5.74, 6) is -0.0111. The van der Waals surface area contributed by atoms with E-state index in [1.165, 1.54) is 6.92 Å². The van der Waals surface area contributed by atoms with Crippen molar-refractivity contribution < 1.29 is 14.3 Å². The number of esters is 1. The molecule has 0 saturated heterocycles. The van der Waals surface area contributed by atoms with Gasteiger partial charge in [-0.2, -0.15) is 0 Å². The van der Waals surface area contributed by atoms with Gasteiger partial charge in [-0.3, -0.25) is 9.59 Å². The number of ether oxygens (including phenoxy) is 1. The lowest BCUT2D eigenvalue weighted by atomic mass is 9.72. The lowest BCUT2D eigenvalue weighted by molar-refractivity contribution is -0.168. The van der Waals surface area contributed by atoms with Crippen LogP contribution in [0.4, 0.5) is 0 Å². The van der Waals surface area contributed by atoms with E-state index in [2.05, 4.69) is 0 Å². The first-order chi connectivity index (χ1) is 5.70. The van der Waals surface area contributed by atoms with Gasteiger partial charge in [0.05, 0.1) is 0 Å². The van der Waals surface area contributed by atoms with Gasteiger partial charge in [-0.05, 0) is 6.42 Å². The molecule has 0 unspecified atom stereocenters. The highest BCUT2D eigenvalue weighted by atomic mass is 16.5. The normalized spacial score (nSPS) is 37.4. The van der Waals surface area contributed by atoms with Gasteiger partial charge in [0, 0.05) is 18.8 Å². The van der Waals surface area contributed by atoms with Crippen molar-refractivity contribution in [1.29, 1.82) is 0 Å². The van der Waals surface area contributed by atoms with Gasteiger partial charge < -0.3 is 4.74 Å². The van der Waals surface area contributed by atoms with Crippen LogP contribution in [0.3, 0.4) is 0 Å². The highest BCUT2D eigenvalue weighted by molar-refractivity contribution is 5.95. The predicted octanol–water partition coefficient (Wildman–Crippen LogP) is 0.693. The molecule has 3 atom stereocenters. The fraction of sp³-hybridized carbons (Fsp3) is 0.556. The summed E-state index contributed by atoms with van der Waals surface area (Å²) in [5, 5.41) is 0. The van der Waals surface area contributed by atoms with Gasteiger partial charge in [0.15, 0.2) is 11.9 Å². The molecule has 2 aliphatic carbocycles. The molecule has 0 spiro atoms. The second-order valence-electron chi connectivity index (χ2n) is 3.28. The first kappa shape index (κ1) is 7.53. The summed E-state index contributed by atoms with van der Waals surface area (Å²) in [5.41, 5.74) is 0. The number of hydrogen-bond acceptors (Lipinski definition) is 3. The molecule has 0 aromatic carbocycles. The van der Waals surface area contributed by atoms with Crippen molar-refractivity contribution in [1.82, 2.24) is 0 Å². The molecule has 0 radical (unpaired) electrons. The van der Waals surface area contributed by atoms with Crippen molar-refractivity contribution in [3.63, 3.8) is 0 Å². The molecule has 1 saturated carbocycles. The molecular weight excluding hydrogens is 156 g/mol. The Labute approximate surface area is 70.4 Å². The number of allylic oxidation sites excluding steroid dienone is 1. The van der Waals surface area contributed by atoms with Crippen molar-refractivity contribution in [2.75, 3.05) is 0 Å². The minimum atomic E-state index is -0.480. The third kappa shape index (κ3) is 0.891. The molecule has 0 aromatic heterocycles. The van der Waals surface area contributed by atoms with Crippen LogP contribution >= 0.6 is 0 Å². The summed E-state index contributed by atoms with van der Waals surface area (Å²) in [6.45, 7) is 1.33. The van der Waals surface area contributed by atoms with Crippen LogP contribution in [-0.4, -0.2) is 17.9 Å². The Hall–Kier alpha value is -1.12. The van der Waals surface area contributed by atoms with E-state index in [1.807, 2.05) is 12.2 Å². The maximum absolute atomic E-state index is 11.3. The maximum atomic E-state index is 11.3. The summed E-state index contributed by atoms with van der Waals surface area (Å²) in [6.07, 6.45) is 4.30. The van der Waals surface area contributed by atoms with Gasteiger partial charge in [-0.15, -0.1) is 0 Å². The Morgan fingerprint density at radius 3 is 3.08 bits per heavy atom. The van der Waals surface area contributed by atoms with Gasteiger partial charge in [0.1, 0.15) is 0 Å². The Balaban J connectivity index is 2.04. The van der Waals surface area contributed by atoms with Crippen LogP contribution in [0.5, 0.6) is 0 Å². The van der Waals surface area contributed by atoms with Crippen molar-refractivity contribution in [3.05, 3.63) is 12.2 Å². The summed E-state index contributed by atoms with van der Waals surface area (Å²) >= 11 is 0. The molecule has 0 bridgehead atoms. The quantitative estimate of drug-likeness (QED) is 0.425. The van der Waals surface area contributed by atoms with E-state index in [0.717, 1.165) is 6.42 Å². The Kier molecular flexibility index (Phi) is 1.53. The number of ketones is 1. The number of hydrogen-bond donors (Lipinski definition) is 0. The second kappa shape index (κ2) is 2.44. The molecule has 0 amide bonds. The van der Waals surface area contributed by atoms with E-state index in [4.69, 9.17) is 4.74 Å². The molecule has 3 nitrogen and oxygen atoms in total. The molecular formula is C9H10O3. The standard InChI is InChI=1S/C9H10O3/c1-5(10)12-9-7-4-2-3-6(7)8(9)11/h2,4,6-7,9H,3H2,1H3/t6-,7+,9-/m0/s1. The summed E-state index contributed by atoms with van der Waals surface area (Å²) < 4.78 is 4.87. The van der Waals surface area contributed by atoms with E-state index in [9.17, 15) is 9.59 Å².